The van der Waals surface area contributed by atoms with Crippen LogP contribution in [-0.2, 0) is 15.0 Å². The van der Waals surface area contributed by atoms with Crippen molar-refractivity contribution in [3.05, 3.63) is 23.8 Å². The predicted molar refractivity (Wildman–Crippen MR) is 56.1 cm³/mol. The topological polar surface area (TPSA) is 72.8 Å². The van der Waals surface area contributed by atoms with Crippen molar-refractivity contribution in [2.45, 2.75) is 18.3 Å². The van der Waals surface area contributed by atoms with Crippen LogP contribution in [0, 0.1) is 0 Å². The van der Waals surface area contributed by atoms with Crippen LogP contribution in [0.3, 0.4) is 0 Å². The summed E-state index contributed by atoms with van der Waals surface area (Å²) in [5.41, 5.74) is -0.466. The second-order valence-corrected chi connectivity index (χ2v) is 4.35. The Morgan fingerprint density at radius 1 is 1.24 bits per heavy atom. The van der Waals surface area contributed by atoms with Gasteiger partial charge in [-0.05, 0) is 17.7 Å². The molecule has 5 nitrogen and oxygen atoms in total. The maximum absolute atomic E-state index is 11.3. The molecule has 0 radical (unpaired) electrons. The molecule has 1 aliphatic carbocycles. The van der Waals surface area contributed by atoms with E-state index in [2.05, 4.69) is 0 Å². The lowest BCUT2D eigenvalue weighted by atomic mass is 9.63. The van der Waals surface area contributed by atoms with E-state index in [0.29, 0.717) is 17.1 Å². The average Bonchev–Trinajstić information content (AvgIpc) is 2.70. The first kappa shape index (κ1) is 10.1. The van der Waals surface area contributed by atoms with Gasteiger partial charge in [0.2, 0.25) is 6.79 Å². The molecule has 3 rings (SSSR count). The molecule has 1 aromatic rings. The lowest BCUT2D eigenvalue weighted by molar-refractivity contribution is -0.153. The first-order chi connectivity index (χ1) is 8.12. The van der Waals surface area contributed by atoms with Crippen LogP contribution in [-0.4, -0.2) is 23.7 Å². The van der Waals surface area contributed by atoms with Gasteiger partial charge in [-0.3, -0.25) is 9.59 Å². The van der Waals surface area contributed by atoms with Gasteiger partial charge in [-0.2, -0.15) is 0 Å². The standard InChI is InChI=1S/C12H10O5/c13-8-4-12(5-8,11(14)15)7-1-2-9-10(3-7)17-6-16-9/h1-3H,4-6H2,(H,14,15). The number of benzene rings is 1. The number of carbonyl (C=O) groups excluding carboxylic acids is 1. The minimum Gasteiger partial charge on any atom is -0.481 e. The maximum atomic E-state index is 11.3. The second-order valence-electron chi connectivity index (χ2n) is 4.35. The van der Waals surface area contributed by atoms with Crippen LogP contribution in [0.5, 0.6) is 11.5 Å². The first-order valence-electron chi connectivity index (χ1n) is 5.27. The number of carboxylic acids is 1. The van der Waals surface area contributed by atoms with E-state index in [1.165, 1.54) is 0 Å². The molecule has 1 heterocycles. The molecule has 0 unspecified atom stereocenters. The Morgan fingerprint density at radius 3 is 2.59 bits per heavy atom. The highest BCUT2D eigenvalue weighted by Crippen LogP contribution is 2.45. The summed E-state index contributed by atoms with van der Waals surface area (Å²) in [4.78, 5) is 22.4. The van der Waals surface area contributed by atoms with Crippen LogP contribution in [0.1, 0.15) is 18.4 Å². The predicted octanol–water partition coefficient (Wildman–Crippen LogP) is 1.10. The highest BCUT2D eigenvalue weighted by molar-refractivity contribution is 6.01. The van der Waals surface area contributed by atoms with Gasteiger partial charge in [0.05, 0.1) is 0 Å². The van der Waals surface area contributed by atoms with Crippen molar-refractivity contribution in [1.82, 2.24) is 0 Å². The van der Waals surface area contributed by atoms with Crippen molar-refractivity contribution in [2.24, 2.45) is 0 Å². The summed E-state index contributed by atoms with van der Waals surface area (Å²) in [6, 6.07) is 5.03. The molecule has 0 spiro atoms. The van der Waals surface area contributed by atoms with Crippen LogP contribution in [0.15, 0.2) is 18.2 Å². The molecule has 1 aliphatic heterocycles. The molecule has 1 saturated carbocycles. The van der Waals surface area contributed by atoms with E-state index in [0.717, 1.165) is 0 Å². The highest BCUT2D eigenvalue weighted by Gasteiger charge is 2.51. The highest BCUT2D eigenvalue weighted by atomic mass is 16.7. The Balaban J connectivity index is 2.03. The molecule has 5 heteroatoms. The van der Waals surface area contributed by atoms with Crippen molar-refractivity contribution in [3.8, 4) is 11.5 Å². The van der Waals surface area contributed by atoms with E-state index in [9.17, 15) is 14.7 Å². The SMILES string of the molecule is O=C1CC(C(=O)O)(c2ccc3c(c2)OCO3)C1. The van der Waals surface area contributed by atoms with Gasteiger partial charge in [0, 0.05) is 12.8 Å². The third kappa shape index (κ3) is 1.32. The molecular weight excluding hydrogens is 224 g/mol. The molecule has 0 atom stereocenters. The van der Waals surface area contributed by atoms with Crippen LogP contribution in [0.4, 0.5) is 0 Å². The van der Waals surface area contributed by atoms with Gasteiger partial charge in [-0.1, -0.05) is 6.07 Å². The largest absolute Gasteiger partial charge is 0.481 e. The maximum Gasteiger partial charge on any atom is 0.315 e. The van der Waals surface area contributed by atoms with Gasteiger partial charge in [-0.15, -0.1) is 0 Å². The number of hydrogen-bond acceptors (Lipinski definition) is 4. The molecule has 17 heavy (non-hydrogen) atoms. The average molecular weight is 234 g/mol. The van der Waals surface area contributed by atoms with Gasteiger partial charge in [-0.25, -0.2) is 0 Å². The fraction of sp³-hybridized carbons (Fsp3) is 0.333. The van der Waals surface area contributed by atoms with E-state index in [1.54, 1.807) is 18.2 Å². The van der Waals surface area contributed by atoms with Gasteiger partial charge < -0.3 is 14.6 Å². The normalized spacial score (nSPS) is 19.9. The van der Waals surface area contributed by atoms with Crippen LogP contribution in [0.2, 0.25) is 0 Å². The van der Waals surface area contributed by atoms with Crippen molar-refractivity contribution < 1.29 is 24.2 Å². The Labute approximate surface area is 97.0 Å². The monoisotopic (exact) mass is 234 g/mol. The van der Waals surface area contributed by atoms with Gasteiger partial charge in [0.25, 0.3) is 0 Å². The molecule has 0 saturated heterocycles. The number of carbonyl (C=O) groups is 2. The van der Waals surface area contributed by atoms with Crippen molar-refractivity contribution in [3.63, 3.8) is 0 Å². The second kappa shape index (κ2) is 3.23. The van der Waals surface area contributed by atoms with E-state index >= 15 is 0 Å². The van der Waals surface area contributed by atoms with Gasteiger partial charge in [0.1, 0.15) is 11.2 Å². The number of ether oxygens (including phenoxy) is 2. The molecule has 1 fully saturated rings. The summed E-state index contributed by atoms with van der Waals surface area (Å²) >= 11 is 0. The summed E-state index contributed by atoms with van der Waals surface area (Å²) in [6.45, 7) is 0.151. The summed E-state index contributed by atoms with van der Waals surface area (Å²) < 4.78 is 10.4. The molecule has 0 aromatic heterocycles. The molecule has 1 aromatic carbocycles. The van der Waals surface area contributed by atoms with Gasteiger partial charge >= 0.3 is 5.97 Å². The molecular formula is C12H10O5. The number of rotatable bonds is 2. The zero-order chi connectivity index (χ0) is 12.0. The molecule has 1 N–H and O–H groups in total. The Kier molecular flexibility index (Phi) is 1.92. The first-order valence-corrected chi connectivity index (χ1v) is 5.27. The summed E-state index contributed by atoms with van der Waals surface area (Å²) in [5.74, 6) is 0.170. The smallest absolute Gasteiger partial charge is 0.315 e. The quantitative estimate of drug-likeness (QED) is 0.829. The molecule has 0 bridgehead atoms. The fourth-order valence-electron chi connectivity index (χ4n) is 2.29. The van der Waals surface area contributed by atoms with Crippen LogP contribution >= 0.6 is 0 Å². The molecule has 2 aliphatic rings. The van der Waals surface area contributed by atoms with Gasteiger partial charge in [0.15, 0.2) is 11.5 Å². The molecule has 0 amide bonds. The number of aliphatic carboxylic acids is 1. The zero-order valence-corrected chi connectivity index (χ0v) is 8.93. The summed E-state index contributed by atoms with van der Waals surface area (Å²) in [6.07, 6.45) is 0.115. The van der Waals surface area contributed by atoms with E-state index in [1.807, 2.05) is 0 Å². The number of fused-ring (bicyclic) bond motifs is 1. The number of ketones is 1. The molecule has 88 valence electrons. The summed E-state index contributed by atoms with van der Waals surface area (Å²) in [5, 5.41) is 9.28. The minimum atomic E-state index is -1.07. The van der Waals surface area contributed by atoms with Crippen molar-refractivity contribution in [2.75, 3.05) is 6.79 Å². The Hall–Kier alpha value is -2.04. The van der Waals surface area contributed by atoms with Crippen molar-refractivity contribution in [1.29, 1.82) is 0 Å². The minimum absolute atomic E-state index is 0.0231. The van der Waals surface area contributed by atoms with E-state index < -0.39 is 11.4 Å². The number of hydrogen-bond donors (Lipinski definition) is 1. The van der Waals surface area contributed by atoms with E-state index in [4.69, 9.17) is 9.47 Å². The summed E-state index contributed by atoms with van der Waals surface area (Å²) in [7, 11) is 0. The van der Waals surface area contributed by atoms with Crippen LogP contribution in [0.25, 0.3) is 0 Å². The zero-order valence-electron chi connectivity index (χ0n) is 8.93. The lowest BCUT2D eigenvalue weighted by Gasteiger charge is -2.36. The Bertz CT molecular complexity index is 512. The Morgan fingerprint density at radius 2 is 1.94 bits per heavy atom. The van der Waals surface area contributed by atoms with Crippen molar-refractivity contribution >= 4 is 11.8 Å². The third-order valence-electron chi connectivity index (χ3n) is 3.33. The number of Topliss-reactive ketones (excluding diaryl/α,β-unsaturated/α-hetero) is 1. The van der Waals surface area contributed by atoms with E-state index in [-0.39, 0.29) is 25.4 Å². The lowest BCUT2D eigenvalue weighted by Crippen LogP contribution is -2.48. The van der Waals surface area contributed by atoms with Crippen LogP contribution < -0.4 is 9.47 Å². The third-order valence-corrected chi connectivity index (χ3v) is 3.33. The fourth-order valence-corrected chi connectivity index (χ4v) is 2.29. The number of carboxylic acid groups (broad SMARTS) is 1.